The van der Waals surface area contributed by atoms with Crippen LogP contribution in [0.5, 0.6) is 0 Å². The summed E-state index contributed by atoms with van der Waals surface area (Å²) in [7, 11) is 0. The zero-order chi connectivity index (χ0) is 26.7. The first-order valence-corrected chi connectivity index (χ1v) is 12.3. The number of nitriles is 1. The Hall–Kier alpha value is -4.35. The Kier molecular flexibility index (Phi) is 7.03. The fraction of sp³-hybridized carbons (Fsp3) is 0.200. The molecule has 0 aliphatic carbocycles. The number of amides is 1. The van der Waals surface area contributed by atoms with E-state index in [9.17, 15) is 23.2 Å². The molecule has 2 heterocycles. The van der Waals surface area contributed by atoms with Crippen molar-refractivity contribution in [2.75, 3.05) is 26.2 Å². The summed E-state index contributed by atoms with van der Waals surface area (Å²) in [5, 5.41) is 9.65. The van der Waals surface area contributed by atoms with Gasteiger partial charge in [-0.05, 0) is 35.4 Å². The lowest BCUT2D eigenvalue weighted by Crippen LogP contribution is -2.50. The molecule has 0 bridgehead atoms. The topological polar surface area (TPSA) is 52.3 Å². The zero-order valence-corrected chi connectivity index (χ0v) is 20.5. The predicted molar refractivity (Wildman–Crippen MR) is 138 cm³/mol. The number of rotatable bonds is 5. The van der Waals surface area contributed by atoms with Crippen molar-refractivity contribution in [1.29, 1.82) is 5.26 Å². The summed E-state index contributed by atoms with van der Waals surface area (Å²) < 4.78 is 41.3. The number of benzene rings is 3. The Balaban J connectivity index is 1.40. The van der Waals surface area contributed by atoms with Gasteiger partial charge in [0, 0.05) is 38.1 Å². The normalized spacial score (nSPS) is 14.4. The zero-order valence-electron chi connectivity index (χ0n) is 20.5. The molecule has 192 valence electrons. The fourth-order valence-electron chi connectivity index (χ4n) is 5.01. The van der Waals surface area contributed by atoms with Crippen LogP contribution in [0.3, 0.4) is 0 Å². The summed E-state index contributed by atoms with van der Waals surface area (Å²) in [6.07, 6.45) is -3.05. The van der Waals surface area contributed by atoms with Crippen LogP contribution in [0.2, 0.25) is 0 Å². The van der Waals surface area contributed by atoms with Crippen LogP contribution < -0.4 is 0 Å². The number of hydrogen-bond donors (Lipinski definition) is 0. The minimum absolute atomic E-state index is 0.0262. The molecule has 1 aliphatic rings. The third-order valence-electron chi connectivity index (χ3n) is 6.86. The fourth-order valence-corrected chi connectivity index (χ4v) is 5.01. The number of halogens is 3. The molecular weight excluding hydrogens is 489 g/mol. The first-order chi connectivity index (χ1) is 18.4. The lowest BCUT2D eigenvalue weighted by atomic mass is 9.96. The maximum Gasteiger partial charge on any atom is 0.416 e. The minimum atomic E-state index is -4.52. The van der Waals surface area contributed by atoms with E-state index in [4.69, 9.17) is 0 Å². The van der Waals surface area contributed by atoms with Crippen molar-refractivity contribution in [3.63, 3.8) is 0 Å². The van der Waals surface area contributed by atoms with Crippen LogP contribution in [0, 0.1) is 11.3 Å². The van der Waals surface area contributed by atoms with Crippen molar-refractivity contribution in [2.24, 2.45) is 0 Å². The number of aromatic nitrogens is 1. The van der Waals surface area contributed by atoms with Gasteiger partial charge in [0.15, 0.2) is 0 Å². The number of alkyl halides is 3. The summed E-state index contributed by atoms with van der Waals surface area (Å²) in [5.41, 5.74) is 1.87. The highest BCUT2D eigenvalue weighted by molar-refractivity contribution is 5.96. The summed E-state index contributed by atoms with van der Waals surface area (Å²) in [6, 6.07) is 28.6. The molecule has 3 aromatic carbocycles. The van der Waals surface area contributed by atoms with Gasteiger partial charge in [0.25, 0.3) is 5.91 Å². The van der Waals surface area contributed by atoms with Crippen LogP contribution in [0.25, 0.3) is 5.69 Å². The van der Waals surface area contributed by atoms with Gasteiger partial charge in [-0.3, -0.25) is 9.69 Å². The van der Waals surface area contributed by atoms with Gasteiger partial charge in [0.1, 0.15) is 11.8 Å². The lowest BCUT2D eigenvalue weighted by Gasteiger charge is -2.40. The molecule has 0 saturated carbocycles. The van der Waals surface area contributed by atoms with Crippen molar-refractivity contribution in [1.82, 2.24) is 14.4 Å². The molecule has 5 rings (SSSR count). The molecule has 0 radical (unpaired) electrons. The maximum atomic E-state index is 13.6. The smallest absolute Gasteiger partial charge is 0.335 e. The van der Waals surface area contributed by atoms with E-state index in [1.165, 1.54) is 29.0 Å². The van der Waals surface area contributed by atoms with E-state index in [1.807, 2.05) is 42.5 Å². The standard InChI is InChI=1S/C30H25F3N4O/c31-30(32,33)25-12-7-13-26(20-25)37-15-14-24(21-34)28(37)29(38)36-18-16-35(17-19-36)27(22-8-3-1-4-9-22)23-10-5-2-6-11-23/h1-15,20,27H,16-19H2. The molecule has 0 atom stereocenters. The van der Waals surface area contributed by atoms with E-state index in [2.05, 4.69) is 29.2 Å². The summed E-state index contributed by atoms with van der Waals surface area (Å²) in [5.74, 6) is -0.375. The quantitative estimate of drug-likeness (QED) is 0.333. The van der Waals surface area contributed by atoms with Gasteiger partial charge >= 0.3 is 6.18 Å². The largest absolute Gasteiger partial charge is 0.416 e. The molecule has 4 aromatic rings. The van der Waals surface area contributed by atoms with E-state index >= 15 is 0 Å². The van der Waals surface area contributed by atoms with Crippen LogP contribution in [0.4, 0.5) is 13.2 Å². The Labute approximate surface area is 219 Å². The van der Waals surface area contributed by atoms with Gasteiger partial charge in [-0.25, -0.2) is 0 Å². The van der Waals surface area contributed by atoms with E-state index in [0.29, 0.717) is 26.2 Å². The number of carbonyl (C=O) groups excluding carboxylic acids is 1. The lowest BCUT2D eigenvalue weighted by molar-refractivity contribution is -0.137. The second kappa shape index (κ2) is 10.6. The third kappa shape index (κ3) is 5.06. The number of carbonyl (C=O) groups is 1. The van der Waals surface area contributed by atoms with Gasteiger partial charge in [0.2, 0.25) is 0 Å². The van der Waals surface area contributed by atoms with E-state index in [-0.39, 0.29) is 28.9 Å². The molecule has 1 aromatic heterocycles. The molecule has 0 N–H and O–H groups in total. The average molecular weight is 515 g/mol. The van der Waals surface area contributed by atoms with Gasteiger partial charge in [0.05, 0.1) is 17.2 Å². The van der Waals surface area contributed by atoms with Crippen LogP contribution in [-0.4, -0.2) is 46.5 Å². The summed E-state index contributed by atoms with van der Waals surface area (Å²) >= 11 is 0. The Bertz CT molecular complexity index is 1410. The van der Waals surface area contributed by atoms with Crippen molar-refractivity contribution in [3.8, 4) is 11.8 Å². The molecule has 0 spiro atoms. The molecule has 5 nitrogen and oxygen atoms in total. The second-order valence-corrected chi connectivity index (χ2v) is 9.16. The van der Waals surface area contributed by atoms with E-state index in [1.54, 1.807) is 4.90 Å². The SMILES string of the molecule is N#Cc1ccn(-c2cccc(C(F)(F)F)c2)c1C(=O)N1CCN(C(c2ccccc2)c2ccccc2)CC1. The number of hydrogen-bond acceptors (Lipinski definition) is 3. The second-order valence-electron chi connectivity index (χ2n) is 9.16. The van der Waals surface area contributed by atoms with Gasteiger partial charge < -0.3 is 9.47 Å². The third-order valence-corrected chi connectivity index (χ3v) is 6.86. The Morgan fingerprint density at radius 2 is 1.42 bits per heavy atom. The van der Waals surface area contributed by atoms with Gasteiger partial charge in [-0.15, -0.1) is 0 Å². The van der Waals surface area contributed by atoms with Crippen LogP contribution in [0.15, 0.2) is 97.2 Å². The molecule has 1 fully saturated rings. The molecule has 0 unspecified atom stereocenters. The number of piperazine rings is 1. The summed E-state index contributed by atoms with van der Waals surface area (Å²) in [4.78, 5) is 17.6. The molecule has 1 aliphatic heterocycles. The average Bonchev–Trinajstić information content (AvgIpc) is 3.38. The Morgan fingerprint density at radius 1 is 0.816 bits per heavy atom. The highest BCUT2D eigenvalue weighted by Crippen LogP contribution is 2.32. The van der Waals surface area contributed by atoms with Crippen LogP contribution in [0.1, 0.15) is 38.8 Å². The summed E-state index contributed by atoms with van der Waals surface area (Å²) in [6.45, 7) is 2.06. The van der Waals surface area contributed by atoms with Gasteiger partial charge in [-0.1, -0.05) is 66.7 Å². The van der Waals surface area contributed by atoms with Crippen LogP contribution in [-0.2, 0) is 6.18 Å². The first kappa shape index (κ1) is 25.3. The van der Waals surface area contributed by atoms with Crippen molar-refractivity contribution < 1.29 is 18.0 Å². The van der Waals surface area contributed by atoms with Crippen molar-refractivity contribution in [2.45, 2.75) is 12.2 Å². The van der Waals surface area contributed by atoms with Gasteiger partial charge in [-0.2, -0.15) is 18.4 Å². The minimum Gasteiger partial charge on any atom is -0.335 e. The van der Waals surface area contributed by atoms with Crippen molar-refractivity contribution in [3.05, 3.63) is 125 Å². The van der Waals surface area contributed by atoms with Crippen LogP contribution >= 0.6 is 0 Å². The van der Waals surface area contributed by atoms with Crippen molar-refractivity contribution >= 4 is 5.91 Å². The van der Waals surface area contributed by atoms with E-state index in [0.717, 1.165) is 23.3 Å². The highest BCUT2D eigenvalue weighted by atomic mass is 19.4. The molecule has 38 heavy (non-hydrogen) atoms. The molecule has 1 amide bonds. The first-order valence-electron chi connectivity index (χ1n) is 12.3. The monoisotopic (exact) mass is 514 g/mol. The molecule has 1 saturated heterocycles. The Morgan fingerprint density at radius 3 is 1.97 bits per heavy atom. The van der Waals surface area contributed by atoms with E-state index < -0.39 is 11.7 Å². The molecular formula is C30H25F3N4O. The number of nitrogens with zero attached hydrogens (tertiary/aromatic N) is 4. The predicted octanol–water partition coefficient (Wildman–Crippen LogP) is 5.92. The maximum absolute atomic E-state index is 13.6. The highest BCUT2D eigenvalue weighted by Gasteiger charge is 2.33. The molecule has 8 heteroatoms.